The van der Waals surface area contributed by atoms with Gasteiger partial charge < -0.3 is 14.7 Å². The van der Waals surface area contributed by atoms with E-state index in [1.165, 1.54) is 11.8 Å². The Kier molecular flexibility index (Phi) is 6.54. The van der Waals surface area contributed by atoms with Crippen molar-refractivity contribution in [2.45, 2.75) is 26.2 Å². The van der Waals surface area contributed by atoms with Gasteiger partial charge in [0.15, 0.2) is 6.10 Å². The Labute approximate surface area is 147 Å². The van der Waals surface area contributed by atoms with Crippen LogP contribution in [0, 0.1) is 0 Å². The molecule has 0 radical (unpaired) electrons. The van der Waals surface area contributed by atoms with E-state index in [0.717, 1.165) is 11.1 Å². The molecule has 1 atom stereocenters. The average Bonchev–Trinajstić information content (AvgIpc) is 2.62. The molecule has 1 unspecified atom stereocenters. The molecule has 0 saturated heterocycles. The number of carbonyl (C=O) groups is 2. The van der Waals surface area contributed by atoms with Gasteiger partial charge in [-0.25, -0.2) is 4.79 Å². The lowest BCUT2D eigenvalue weighted by atomic mass is 10.1. The molecule has 2 aromatic carbocycles. The van der Waals surface area contributed by atoms with Crippen molar-refractivity contribution >= 4 is 17.7 Å². The Morgan fingerprint density at radius 3 is 2.28 bits per heavy atom. The quantitative estimate of drug-likeness (QED) is 0.846. The summed E-state index contributed by atoms with van der Waals surface area (Å²) in [6, 6.07) is 16.2. The van der Waals surface area contributed by atoms with E-state index in [4.69, 9.17) is 9.84 Å². The van der Waals surface area contributed by atoms with Crippen molar-refractivity contribution in [3.63, 3.8) is 0 Å². The van der Waals surface area contributed by atoms with E-state index in [0.29, 0.717) is 12.2 Å². The van der Waals surface area contributed by atoms with E-state index in [1.54, 1.807) is 43.4 Å². The van der Waals surface area contributed by atoms with Gasteiger partial charge in [-0.3, -0.25) is 10.1 Å². The summed E-state index contributed by atoms with van der Waals surface area (Å²) >= 11 is 0. The van der Waals surface area contributed by atoms with Crippen LogP contribution in [0.25, 0.3) is 0 Å². The van der Waals surface area contributed by atoms with Crippen molar-refractivity contribution in [3.05, 3.63) is 65.7 Å². The van der Waals surface area contributed by atoms with Crippen LogP contribution in [0.3, 0.4) is 0 Å². The minimum absolute atomic E-state index is 0.0174. The third-order valence-electron chi connectivity index (χ3n) is 3.65. The Morgan fingerprint density at radius 1 is 1.08 bits per heavy atom. The normalized spacial score (nSPS) is 11.5. The number of para-hydroxylation sites is 1. The fraction of sp³-hybridized carbons (Fsp3) is 0.263. The number of rotatable bonds is 6. The maximum Gasteiger partial charge on any atom is 0.412 e. The van der Waals surface area contributed by atoms with Gasteiger partial charge in [-0.05, 0) is 30.2 Å². The first kappa shape index (κ1) is 18.5. The van der Waals surface area contributed by atoms with Gasteiger partial charge in [-0.15, -0.1) is 0 Å². The van der Waals surface area contributed by atoms with Crippen molar-refractivity contribution in [2.75, 3.05) is 12.4 Å². The number of amides is 2. The van der Waals surface area contributed by atoms with Gasteiger partial charge in [0, 0.05) is 19.3 Å². The van der Waals surface area contributed by atoms with E-state index >= 15 is 0 Å². The number of likely N-dealkylation sites (N-methyl/N-ethyl adjacent to an activating group) is 1. The number of ether oxygens (including phenoxy) is 1. The number of aliphatic hydroxyl groups is 1. The monoisotopic (exact) mass is 342 g/mol. The lowest BCUT2D eigenvalue weighted by molar-refractivity contribution is -0.138. The molecule has 2 N–H and O–H groups in total. The van der Waals surface area contributed by atoms with E-state index in [9.17, 15) is 9.59 Å². The second kappa shape index (κ2) is 8.84. The highest BCUT2D eigenvalue weighted by Gasteiger charge is 2.21. The van der Waals surface area contributed by atoms with Crippen molar-refractivity contribution in [2.24, 2.45) is 0 Å². The zero-order valence-electron chi connectivity index (χ0n) is 14.3. The lowest BCUT2D eigenvalue weighted by Crippen LogP contribution is -2.37. The predicted octanol–water partition coefficient (Wildman–Crippen LogP) is 2.77. The molecule has 0 heterocycles. The summed E-state index contributed by atoms with van der Waals surface area (Å²) in [5.74, 6) is -0.297. The molecule has 0 saturated carbocycles. The van der Waals surface area contributed by atoms with E-state index in [1.807, 2.05) is 18.2 Å². The molecule has 0 spiro atoms. The van der Waals surface area contributed by atoms with Crippen LogP contribution in [0.5, 0.6) is 0 Å². The van der Waals surface area contributed by atoms with Gasteiger partial charge in [0.2, 0.25) is 0 Å². The molecule has 6 heteroatoms. The number of nitrogens with one attached hydrogen (secondary N) is 1. The number of aliphatic hydroxyl groups excluding tert-OH is 1. The number of carbonyl (C=O) groups excluding carboxylic acids is 2. The van der Waals surface area contributed by atoms with Crippen molar-refractivity contribution in [1.29, 1.82) is 0 Å². The minimum Gasteiger partial charge on any atom is -0.436 e. The van der Waals surface area contributed by atoms with Crippen molar-refractivity contribution < 1.29 is 19.4 Å². The summed E-state index contributed by atoms with van der Waals surface area (Å²) in [4.78, 5) is 25.7. The molecule has 0 aliphatic heterocycles. The molecule has 132 valence electrons. The topological polar surface area (TPSA) is 78.9 Å². The fourth-order valence-corrected chi connectivity index (χ4v) is 2.29. The first-order chi connectivity index (χ1) is 12.0. The molecule has 2 amide bonds. The second-order valence-corrected chi connectivity index (χ2v) is 5.71. The number of hydrogen-bond donors (Lipinski definition) is 2. The Balaban J connectivity index is 1.86. The third-order valence-corrected chi connectivity index (χ3v) is 3.65. The van der Waals surface area contributed by atoms with Crippen LogP contribution >= 0.6 is 0 Å². The van der Waals surface area contributed by atoms with Crippen molar-refractivity contribution in [1.82, 2.24) is 4.90 Å². The van der Waals surface area contributed by atoms with Gasteiger partial charge in [-0.1, -0.05) is 42.5 Å². The molecule has 0 aliphatic carbocycles. The van der Waals surface area contributed by atoms with Crippen LogP contribution in [0.15, 0.2) is 54.6 Å². The van der Waals surface area contributed by atoms with Gasteiger partial charge in [0.1, 0.15) is 0 Å². The van der Waals surface area contributed by atoms with E-state index in [-0.39, 0.29) is 12.5 Å². The fourth-order valence-electron chi connectivity index (χ4n) is 2.29. The lowest BCUT2D eigenvalue weighted by Gasteiger charge is -2.21. The predicted molar refractivity (Wildman–Crippen MR) is 94.8 cm³/mol. The van der Waals surface area contributed by atoms with Crippen LogP contribution in [0.4, 0.5) is 10.5 Å². The summed E-state index contributed by atoms with van der Waals surface area (Å²) in [5, 5.41) is 11.6. The summed E-state index contributed by atoms with van der Waals surface area (Å²) in [6.07, 6.45) is -1.57. The number of nitrogens with zero attached hydrogens (tertiary/aromatic N) is 1. The average molecular weight is 342 g/mol. The van der Waals surface area contributed by atoms with Crippen LogP contribution in [-0.2, 0) is 22.7 Å². The van der Waals surface area contributed by atoms with Gasteiger partial charge in [-0.2, -0.15) is 0 Å². The second-order valence-electron chi connectivity index (χ2n) is 5.71. The molecule has 0 bridgehead atoms. The highest BCUT2D eigenvalue weighted by Crippen LogP contribution is 2.10. The molecule has 0 fully saturated rings. The third kappa shape index (κ3) is 5.61. The highest BCUT2D eigenvalue weighted by molar-refractivity contribution is 5.88. The maximum absolute atomic E-state index is 12.3. The Bertz CT molecular complexity index is 701. The van der Waals surface area contributed by atoms with Crippen LogP contribution in [-0.4, -0.2) is 35.2 Å². The molecule has 0 aromatic heterocycles. The van der Waals surface area contributed by atoms with Gasteiger partial charge in [0.05, 0.1) is 6.61 Å². The van der Waals surface area contributed by atoms with Crippen LogP contribution in [0.2, 0.25) is 0 Å². The standard InChI is InChI=1S/C19H22N2O4/c1-14(25-19(24)20-17-6-4-3-5-7-17)18(23)21(2)12-15-8-10-16(13-22)11-9-15/h3-11,14,22H,12-13H2,1-2H3,(H,20,24). The number of anilines is 1. The molecule has 0 aliphatic rings. The molecular formula is C19H22N2O4. The summed E-state index contributed by atoms with van der Waals surface area (Å²) in [6.45, 7) is 1.91. The summed E-state index contributed by atoms with van der Waals surface area (Å²) < 4.78 is 5.14. The minimum atomic E-state index is -0.898. The largest absolute Gasteiger partial charge is 0.436 e. The first-order valence-corrected chi connectivity index (χ1v) is 7.96. The number of benzene rings is 2. The highest BCUT2D eigenvalue weighted by atomic mass is 16.6. The molecule has 25 heavy (non-hydrogen) atoms. The molecular weight excluding hydrogens is 320 g/mol. The van der Waals surface area contributed by atoms with Crippen LogP contribution in [0.1, 0.15) is 18.1 Å². The van der Waals surface area contributed by atoms with Crippen LogP contribution < -0.4 is 5.32 Å². The van der Waals surface area contributed by atoms with E-state index < -0.39 is 12.2 Å². The van der Waals surface area contributed by atoms with Gasteiger partial charge >= 0.3 is 6.09 Å². The smallest absolute Gasteiger partial charge is 0.412 e. The SMILES string of the molecule is CC(OC(=O)Nc1ccccc1)C(=O)N(C)Cc1ccc(CO)cc1. The van der Waals surface area contributed by atoms with Gasteiger partial charge in [0.25, 0.3) is 5.91 Å². The summed E-state index contributed by atoms with van der Waals surface area (Å²) in [7, 11) is 1.65. The maximum atomic E-state index is 12.3. The Morgan fingerprint density at radius 2 is 1.68 bits per heavy atom. The van der Waals surface area contributed by atoms with E-state index in [2.05, 4.69) is 5.32 Å². The summed E-state index contributed by atoms with van der Waals surface area (Å²) in [5.41, 5.74) is 2.34. The Hall–Kier alpha value is -2.86. The zero-order valence-corrected chi connectivity index (χ0v) is 14.3. The molecule has 6 nitrogen and oxygen atoms in total. The molecule has 2 rings (SSSR count). The first-order valence-electron chi connectivity index (χ1n) is 7.96. The van der Waals surface area contributed by atoms with Crippen molar-refractivity contribution in [3.8, 4) is 0 Å². The molecule has 2 aromatic rings. The number of hydrogen-bond acceptors (Lipinski definition) is 4. The zero-order chi connectivity index (χ0) is 18.2.